The van der Waals surface area contributed by atoms with Gasteiger partial charge < -0.3 is 4.74 Å². The van der Waals surface area contributed by atoms with Gasteiger partial charge in [-0.15, -0.1) is 0 Å². The number of rotatable bonds is 0. The molecule has 1 aliphatic heterocycles. The molecular weight excluding hydrogens is 196 g/mol. The average Bonchev–Trinajstić information content (AvgIpc) is 2.82. The van der Waals surface area contributed by atoms with Crippen LogP contribution in [0.15, 0.2) is 12.2 Å². The van der Waals surface area contributed by atoms with E-state index in [1.165, 1.54) is 37.7 Å². The highest BCUT2D eigenvalue weighted by molar-refractivity contribution is 5.16. The predicted octanol–water partition coefficient (Wildman–Crippen LogP) is 3.94. The van der Waals surface area contributed by atoms with Crippen molar-refractivity contribution in [2.45, 2.75) is 64.6 Å². The Morgan fingerprint density at radius 1 is 1.25 bits per heavy atom. The number of allylic oxidation sites excluding steroid dienone is 1. The summed E-state index contributed by atoms with van der Waals surface area (Å²) in [5.41, 5.74) is 2.27. The van der Waals surface area contributed by atoms with Crippen molar-refractivity contribution in [3.05, 3.63) is 12.2 Å². The average molecular weight is 220 g/mol. The second-order valence-corrected chi connectivity index (χ2v) is 7.06. The summed E-state index contributed by atoms with van der Waals surface area (Å²) in [6, 6.07) is 0. The third-order valence-corrected chi connectivity index (χ3v) is 5.47. The molecule has 2 saturated carbocycles. The Labute approximate surface area is 99.3 Å². The van der Waals surface area contributed by atoms with Crippen LogP contribution in [-0.4, -0.2) is 11.7 Å². The summed E-state index contributed by atoms with van der Waals surface area (Å²) in [5, 5.41) is 0. The van der Waals surface area contributed by atoms with E-state index in [0.29, 0.717) is 11.5 Å². The van der Waals surface area contributed by atoms with E-state index >= 15 is 0 Å². The highest BCUT2D eigenvalue weighted by Crippen LogP contribution is 2.59. The Kier molecular flexibility index (Phi) is 2.12. The van der Waals surface area contributed by atoms with Gasteiger partial charge >= 0.3 is 0 Å². The highest BCUT2D eigenvalue weighted by atomic mass is 16.6. The van der Waals surface area contributed by atoms with Gasteiger partial charge in [0.1, 0.15) is 0 Å². The second kappa shape index (κ2) is 3.13. The zero-order chi connectivity index (χ0) is 11.6. The van der Waals surface area contributed by atoms with Crippen molar-refractivity contribution in [3.8, 4) is 0 Å². The molecule has 2 aliphatic carbocycles. The maximum absolute atomic E-state index is 5.86. The molecule has 3 aliphatic rings. The zero-order valence-corrected chi connectivity index (χ0v) is 10.9. The first-order valence-electron chi connectivity index (χ1n) is 6.78. The summed E-state index contributed by atoms with van der Waals surface area (Å²) in [6.07, 6.45) is 6.89. The van der Waals surface area contributed by atoms with E-state index in [2.05, 4.69) is 27.4 Å². The van der Waals surface area contributed by atoms with Gasteiger partial charge in [-0.3, -0.25) is 0 Å². The molecule has 0 aromatic rings. The smallest absolute Gasteiger partial charge is 0.0920 e. The van der Waals surface area contributed by atoms with Gasteiger partial charge in [0.2, 0.25) is 0 Å². The number of hydrogen-bond donors (Lipinski definition) is 0. The Morgan fingerprint density at radius 3 is 2.69 bits per heavy atom. The molecule has 1 heterocycles. The van der Waals surface area contributed by atoms with Crippen LogP contribution in [0, 0.1) is 17.3 Å². The fourth-order valence-corrected chi connectivity index (χ4v) is 4.08. The minimum Gasteiger partial charge on any atom is -0.366 e. The van der Waals surface area contributed by atoms with Gasteiger partial charge in [-0.1, -0.05) is 26.0 Å². The Balaban J connectivity index is 1.78. The first-order chi connectivity index (χ1) is 7.42. The van der Waals surface area contributed by atoms with Gasteiger partial charge in [0.05, 0.1) is 11.7 Å². The lowest BCUT2D eigenvalue weighted by Crippen LogP contribution is -2.44. The predicted molar refractivity (Wildman–Crippen MR) is 66.3 cm³/mol. The molecule has 0 radical (unpaired) electrons. The van der Waals surface area contributed by atoms with Gasteiger partial charge in [0, 0.05) is 0 Å². The highest BCUT2D eigenvalue weighted by Gasteiger charge is 2.55. The Hall–Kier alpha value is -0.300. The van der Waals surface area contributed by atoms with E-state index in [1.54, 1.807) is 0 Å². The summed E-state index contributed by atoms with van der Waals surface area (Å²) in [6.45, 7) is 11.5. The molecule has 4 atom stereocenters. The molecule has 0 spiro atoms. The topological polar surface area (TPSA) is 12.5 Å². The SMILES string of the molecule is C=C1CC[C@H]2O[C@]2(C)CC[C@@H]2[C@H]1CC2(C)C. The summed E-state index contributed by atoms with van der Waals surface area (Å²) < 4.78 is 5.86. The fourth-order valence-electron chi connectivity index (χ4n) is 4.08. The molecule has 0 N–H and O–H groups in total. The molecule has 16 heavy (non-hydrogen) atoms. The largest absolute Gasteiger partial charge is 0.366 e. The van der Waals surface area contributed by atoms with Gasteiger partial charge in [0.25, 0.3) is 0 Å². The van der Waals surface area contributed by atoms with Gasteiger partial charge in [-0.2, -0.15) is 0 Å². The molecule has 3 rings (SSSR count). The van der Waals surface area contributed by atoms with Crippen molar-refractivity contribution in [2.75, 3.05) is 0 Å². The minimum atomic E-state index is 0.223. The van der Waals surface area contributed by atoms with Crippen LogP contribution in [0.2, 0.25) is 0 Å². The zero-order valence-electron chi connectivity index (χ0n) is 10.9. The Morgan fingerprint density at radius 2 is 2.00 bits per heavy atom. The summed E-state index contributed by atoms with van der Waals surface area (Å²) in [5.74, 6) is 1.68. The number of hydrogen-bond acceptors (Lipinski definition) is 1. The normalized spacial score (nSPS) is 50.2. The third-order valence-electron chi connectivity index (χ3n) is 5.47. The van der Waals surface area contributed by atoms with Crippen molar-refractivity contribution >= 4 is 0 Å². The van der Waals surface area contributed by atoms with Gasteiger partial charge in [-0.05, 0) is 56.3 Å². The van der Waals surface area contributed by atoms with Crippen molar-refractivity contribution in [1.29, 1.82) is 0 Å². The third kappa shape index (κ3) is 1.48. The molecule has 0 aromatic heterocycles. The van der Waals surface area contributed by atoms with Crippen LogP contribution >= 0.6 is 0 Å². The lowest BCUT2D eigenvalue weighted by Gasteiger charge is -2.53. The molecule has 1 nitrogen and oxygen atoms in total. The molecule has 0 aromatic carbocycles. The molecule has 0 unspecified atom stereocenters. The maximum Gasteiger partial charge on any atom is 0.0920 e. The first kappa shape index (κ1) is 10.8. The first-order valence-corrected chi connectivity index (χ1v) is 6.78. The van der Waals surface area contributed by atoms with E-state index in [9.17, 15) is 0 Å². The fraction of sp³-hybridized carbons (Fsp3) is 0.867. The monoisotopic (exact) mass is 220 g/mol. The maximum atomic E-state index is 5.86. The lowest BCUT2D eigenvalue weighted by molar-refractivity contribution is -0.00211. The summed E-state index contributed by atoms with van der Waals surface area (Å²) in [7, 11) is 0. The van der Waals surface area contributed by atoms with Crippen LogP contribution in [0.4, 0.5) is 0 Å². The van der Waals surface area contributed by atoms with E-state index in [1.807, 2.05) is 0 Å². The molecule has 0 amide bonds. The van der Waals surface area contributed by atoms with Crippen molar-refractivity contribution in [2.24, 2.45) is 17.3 Å². The van der Waals surface area contributed by atoms with Crippen LogP contribution in [0.25, 0.3) is 0 Å². The number of ether oxygens (including phenoxy) is 1. The van der Waals surface area contributed by atoms with E-state index in [-0.39, 0.29) is 5.60 Å². The quantitative estimate of drug-likeness (QED) is 0.445. The van der Waals surface area contributed by atoms with Crippen molar-refractivity contribution < 1.29 is 4.74 Å². The van der Waals surface area contributed by atoms with Crippen molar-refractivity contribution in [3.63, 3.8) is 0 Å². The van der Waals surface area contributed by atoms with Crippen molar-refractivity contribution in [1.82, 2.24) is 0 Å². The van der Waals surface area contributed by atoms with Gasteiger partial charge in [0.15, 0.2) is 0 Å². The van der Waals surface area contributed by atoms with Crippen LogP contribution in [0.5, 0.6) is 0 Å². The van der Waals surface area contributed by atoms with E-state index in [0.717, 1.165) is 11.8 Å². The number of epoxide rings is 1. The molecule has 0 bridgehead atoms. The number of fused-ring (bicyclic) bond motifs is 2. The van der Waals surface area contributed by atoms with Crippen LogP contribution in [-0.2, 0) is 4.74 Å². The van der Waals surface area contributed by atoms with E-state index in [4.69, 9.17) is 4.74 Å². The van der Waals surface area contributed by atoms with Crippen LogP contribution < -0.4 is 0 Å². The van der Waals surface area contributed by atoms with Crippen LogP contribution in [0.3, 0.4) is 0 Å². The van der Waals surface area contributed by atoms with E-state index < -0.39 is 0 Å². The summed E-state index contributed by atoms with van der Waals surface area (Å²) >= 11 is 0. The second-order valence-electron chi connectivity index (χ2n) is 7.06. The standard InChI is InChI=1S/C15H24O/c1-10-5-6-13-15(4,16-13)8-7-12-11(10)9-14(12,2)3/h11-13H,1,5-9H2,2-4H3/t11-,12+,13+,15+/m0/s1. The molecular formula is C15H24O. The lowest BCUT2D eigenvalue weighted by atomic mass is 9.52. The molecule has 1 saturated heterocycles. The molecule has 1 heteroatoms. The minimum absolute atomic E-state index is 0.223. The molecule has 90 valence electrons. The van der Waals surface area contributed by atoms with Crippen LogP contribution in [0.1, 0.15) is 52.9 Å². The van der Waals surface area contributed by atoms with Gasteiger partial charge in [-0.25, -0.2) is 0 Å². The molecule has 3 fully saturated rings. The summed E-state index contributed by atoms with van der Waals surface area (Å²) in [4.78, 5) is 0. The Bertz CT molecular complexity index is 330.